The highest BCUT2D eigenvalue weighted by Gasteiger charge is 2.28. The number of nitrogens with zero attached hydrogens (tertiary/aromatic N) is 1. The van der Waals surface area contributed by atoms with E-state index < -0.39 is 0 Å². The van der Waals surface area contributed by atoms with Gasteiger partial charge in [0, 0.05) is 24.1 Å². The third kappa shape index (κ3) is 7.31. The molecular formula is C33H38N2O2. The van der Waals surface area contributed by atoms with Crippen LogP contribution < -0.4 is 5.32 Å². The SMILES string of the molecule is CCc1cccc(-c2ccc(C(=O)NC(CC3CCCCC3)C(CO)Cc3cccc(C#N)c3)cc2)c1. The first kappa shape index (κ1) is 26.6. The van der Waals surface area contributed by atoms with Gasteiger partial charge in [0.1, 0.15) is 0 Å². The smallest absolute Gasteiger partial charge is 0.251 e. The van der Waals surface area contributed by atoms with Crippen molar-refractivity contribution in [3.8, 4) is 17.2 Å². The molecule has 2 atom stereocenters. The molecule has 3 aromatic carbocycles. The molecule has 4 heteroatoms. The van der Waals surface area contributed by atoms with Gasteiger partial charge in [-0.3, -0.25) is 4.79 Å². The molecule has 0 saturated heterocycles. The lowest BCUT2D eigenvalue weighted by atomic mass is 9.80. The predicted octanol–water partition coefficient (Wildman–Crippen LogP) is 6.71. The van der Waals surface area contributed by atoms with E-state index in [2.05, 4.69) is 42.6 Å². The van der Waals surface area contributed by atoms with E-state index in [0.717, 1.165) is 29.5 Å². The van der Waals surface area contributed by atoms with Crippen LogP contribution in [0.4, 0.5) is 0 Å². The Kier molecular flexibility index (Phi) is 9.52. The van der Waals surface area contributed by atoms with Crippen LogP contribution >= 0.6 is 0 Å². The third-order valence-electron chi connectivity index (χ3n) is 7.80. The molecule has 0 heterocycles. The number of aliphatic hydroxyl groups excluding tert-OH is 1. The molecule has 1 saturated carbocycles. The topological polar surface area (TPSA) is 73.1 Å². The maximum Gasteiger partial charge on any atom is 0.251 e. The van der Waals surface area contributed by atoms with Gasteiger partial charge in [0.15, 0.2) is 0 Å². The van der Waals surface area contributed by atoms with Crippen molar-refractivity contribution in [2.45, 2.75) is 64.3 Å². The van der Waals surface area contributed by atoms with E-state index >= 15 is 0 Å². The van der Waals surface area contributed by atoms with Crippen LogP contribution in [0.1, 0.15) is 72.5 Å². The third-order valence-corrected chi connectivity index (χ3v) is 7.80. The molecule has 0 bridgehead atoms. The molecule has 1 amide bonds. The Morgan fingerprint density at radius 1 is 0.973 bits per heavy atom. The van der Waals surface area contributed by atoms with Crippen LogP contribution in [0, 0.1) is 23.2 Å². The van der Waals surface area contributed by atoms with E-state index in [4.69, 9.17) is 0 Å². The van der Waals surface area contributed by atoms with Crippen molar-refractivity contribution < 1.29 is 9.90 Å². The Hall–Kier alpha value is -3.42. The van der Waals surface area contributed by atoms with Crippen molar-refractivity contribution in [2.24, 2.45) is 11.8 Å². The molecule has 192 valence electrons. The van der Waals surface area contributed by atoms with Crippen LogP contribution in [0.3, 0.4) is 0 Å². The molecule has 1 aliphatic rings. The van der Waals surface area contributed by atoms with Gasteiger partial charge in [0.25, 0.3) is 5.91 Å². The number of carbonyl (C=O) groups excluding carboxylic acids is 1. The summed E-state index contributed by atoms with van der Waals surface area (Å²) in [5.74, 6) is 0.349. The van der Waals surface area contributed by atoms with E-state index in [1.807, 2.05) is 42.5 Å². The van der Waals surface area contributed by atoms with Crippen LogP contribution in [-0.2, 0) is 12.8 Å². The fraction of sp³-hybridized carbons (Fsp3) is 0.394. The Morgan fingerprint density at radius 2 is 1.70 bits per heavy atom. The summed E-state index contributed by atoms with van der Waals surface area (Å²) < 4.78 is 0. The first-order chi connectivity index (χ1) is 18.1. The van der Waals surface area contributed by atoms with Gasteiger partial charge in [0.05, 0.1) is 11.6 Å². The van der Waals surface area contributed by atoms with Crippen molar-refractivity contribution >= 4 is 5.91 Å². The first-order valence-electron chi connectivity index (χ1n) is 13.7. The predicted molar refractivity (Wildman–Crippen MR) is 149 cm³/mol. The maximum atomic E-state index is 13.4. The molecule has 0 spiro atoms. The molecule has 37 heavy (non-hydrogen) atoms. The summed E-state index contributed by atoms with van der Waals surface area (Å²) in [4.78, 5) is 13.4. The van der Waals surface area contributed by atoms with Crippen molar-refractivity contribution in [3.05, 3.63) is 95.1 Å². The number of hydrogen-bond donors (Lipinski definition) is 2. The summed E-state index contributed by atoms with van der Waals surface area (Å²) in [6.07, 6.45) is 8.60. The van der Waals surface area contributed by atoms with Crippen LogP contribution in [0.25, 0.3) is 11.1 Å². The van der Waals surface area contributed by atoms with Gasteiger partial charge < -0.3 is 10.4 Å². The highest BCUT2D eigenvalue weighted by Crippen LogP contribution is 2.30. The fourth-order valence-corrected chi connectivity index (χ4v) is 5.59. The molecule has 4 rings (SSSR count). The minimum atomic E-state index is -0.132. The van der Waals surface area contributed by atoms with Crippen molar-refractivity contribution in [1.82, 2.24) is 5.32 Å². The molecule has 1 fully saturated rings. The first-order valence-corrected chi connectivity index (χ1v) is 13.7. The van der Waals surface area contributed by atoms with Crippen LogP contribution in [0.15, 0.2) is 72.8 Å². The Morgan fingerprint density at radius 3 is 2.41 bits per heavy atom. The lowest BCUT2D eigenvalue weighted by molar-refractivity contribution is 0.0882. The summed E-state index contributed by atoms with van der Waals surface area (Å²) in [6.45, 7) is 2.14. The number of amides is 1. The van der Waals surface area contributed by atoms with Crippen molar-refractivity contribution in [2.75, 3.05) is 6.61 Å². The van der Waals surface area contributed by atoms with E-state index in [1.165, 1.54) is 37.7 Å². The van der Waals surface area contributed by atoms with E-state index in [1.54, 1.807) is 6.07 Å². The van der Waals surface area contributed by atoms with Crippen LogP contribution in [0.5, 0.6) is 0 Å². The van der Waals surface area contributed by atoms with Crippen molar-refractivity contribution in [3.63, 3.8) is 0 Å². The van der Waals surface area contributed by atoms with Gasteiger partial charge in [-0.2, -0.15) is 5.26 Å². The number of nitrogens with one attached hydrogen (secondary N) is 1. The number of rotatable bonds is 10. The number of hydrogen-bond acceptors (Lipinski definition) is 3. The quantitative estimate of drug-likeness (QED) is 0.329. The average molecular weight is 495 g/mol. The lowest BCUT2D eigenvalue weighted by Gasteiger charge is -2.32. The van der Waals surface area contributed by atoms with Gasteiger partial charge in [-0.15, -0.1) is 0 Å². The second kappa shape index (κ2) is 13.2. The van der Waals surface area contributed by atoms with Gasteiger partial charge in [0.2, 0.25) is 0 Å². The van der Waals surface area contributed by atoms with Gasteiger partial charge in [-0.1, -0.05) is 87.6 Å². The van der Waals surface area contributed by atoms with Crippen LogP contribution in [-0.4, -0.2) is 23.7 Å². The zero-order valence-electron chi connectivity index (χ0n) is 21.8. The minimum absolute atomic E-state index is 0.0127. The average Bonchev–Trinajstić information content (AvgIpc) is 2.96. The second-order valence-electron chi connectivity index (χ2n) is 10.4. The normalized spacial score (nSPS) is 15.5. The molecule has 0 aromatic heterocycles. The maximum absolute atomic E-state index is 13.4. The van der Waals surface area contributed by atoms with Gasteiger partial charge in [-0.25, -0.2) is 0 Å². The van der Waals surface area contributed by atoms with Gasteiger partial charge in [-0.05, 0) is 71.7 Å². The van der Waals surface area contributed by atoms with E-state index in [0.29, 0.717) is 23.5 Å². The monoisotopic (exact) mass is 494 g/mol. The molecule has 3 aromatic rings. The summed E-state index contributed by atoms with van der Waals surface area (Å²) in [6, 6.07) is 25.9. The Balaban J connectivity index is 1.51. The highest BCUT2D eigenvalue weighted by molar-refractivity contribution is 5.94. The molecule has 4 nitrogen and oxygen atoms in total. The molecule has 0 radical (unpaired) electrons. The summed E-state index contributed by atoms with van der Waals surface area (Å²) >= 11 is 0. The molecule has 0 aliphatic heterocycles. The lowest BCUT2D eigenvalue weighted by Crippen LogP contribution is -2.44. The summed E-state index contributed by atoms with van der Waals surface area (Å²) in [5, 5.41) is 23.0. The Labute approximate surface area is 221 Å². The molecule has 2 unspecified atom stereocenters. The zero-order valence-corrected chi connectivity index (χ0v) is 21.8. The second-order valence-corrected chi connectivity index (χ2v) is 10.4. The minimum Gasteiger partial charge on any atom is -0.396 e. The zero-order chi connectivity index (χ0) is 26.0. The van der Waals surface area contributed by atoms with Crippen molar-refractivity contribution in [1.29, 1.82) is 5.26 Å². The number of aryl methyl sites for hydroxylation is 1. The van der Waals surface area contributed by atoms with Crippen LogP contribution in [0.2, 0.25) is 0 Å². The summed E-state index contributed by atoms with van der Waals surface area (Å²) in [7, 11) is 0. The molecule has 2 N–H and O–H groups in total. The number of carbonyl (C=O) groups is 1. The van der Waals surface area contributed by atoms with E-state index in [9.17, 15) is 15.2 Å². The molecule has 1 aliphatic carbocycles. The highest BCUT2D eigenvalue weighted by atomic mass is 16.3. The fourth-order valence-electron chi connectivity index (χ4n) is 5.59. The molecular weight excluding hydrogens is 456 g/mol. The standard InChI is InChI=1S/C33H38N2O2/c1-2-24-10-7-13-30(19-24)28-14-16-29(17-15-28)33(37)35-32(21-25-8-4-3-5-9-25)31(23-36)20-26-11-6-12-27(18-26)22-34/h6-7,10-19,25,31-32,36H,2-5,8-9,20-21,23H2,1H3,(H,35,37). The largest absolute Gasteiger partial charge is 0.396 e. The Bertz CT molecular complexity index is 1210. The van der Waals surface area contributed by atoms with E-state index in [-0.39, 0.29) is 24.5 Å². The number of aliphatic hydroxyl groups is 1. The summed E-state index contributed by atoms with van der Waals surface area (Å²) in [5.41, 5.74) is 5.80. The van der Waals surface area contributed by atoms with Gasteiger partial charge >= 0.3 is 0 Å². The number of nitriles is 1. The number of benzene rings is 3.